The van der Waals surface area contributed by atoms with Crippen LogP contribution in [-0.2, 0) is 0 Å². The molecule has 166 valence electrons. The van der Waals surface area contributed by atoms with Gasteiger partial charge in [-0.05, 0) is 85.7 Å². The van der Waals surface area contributed by atoms with E-state index < -0.39 is 0 Å². The van der Waals surface area contributed by atoms with Gasteiger partial charge in [0.15, 0.2) is 5.11 Å². The summed E-state index contributed by atoms with van der Waals surface area (Å²) >= 11 is 18.5. The normalized spacial score (nSPS) is 17.9. The average molecular weight is 494 g/mol. The molecule has 4 aromatic rings. The maximum absolute atomic E-state index is 6.46. The van der Waals surface area contributed by atoms with E-state index in [1.165, 1.54) is 11.1 Å². The second-order valence-electron chi connectivity index (χ2n) is 8.07. The Morgan fingerprint density at radius 3 is 2.58 bits per heavy atom. The number of thiocarbonyl (C=S) groups is 1. The number of aromatic nitrogens is 1. The molecular weight excluding hydrogens is 473 g/mol. The first kappa shape index (κ1) is 22.0. The molecule has 0 radical (unpaired) electrons. The molecule has 33 heavy (non-hydrogen) atoms. The van der Waals surface area contributed by atoms with E-state index in [0.717, 1.165) is 22.7 Å². The number of rotatable bonds is 4. The lowest BCUT2D eigenvalue weighted by atomic mass is 10.0. The molecule has 5 rings (SSSR count). The number of pyridine rings is 1. The fourth-order valence-corrected chi connectivity index (χ4v) is 4.89. The zero-order chi connectivity index (χ0) is 23.1. The molecule has 2 atom stereocenters. The van der Waals surface area contributed by atoms with Gasteiger partial charge in [-0.15, -0.1) is 0 Å². The van der Waals surface area contributed by atoms with Crippen LogP contribution >= 0.6 is 35.4 Å². The van der Waals surface area contributed by atoms with Crippen LogP contribution in [0.1, 0.15) is 34.7 Å². The van der Waals surface area contributed by atoms with Crippen molar-refractivity contribution < 1.29 is 4.42 Å². The second-order valence-corrected chi connectivity index (χ2v) is 9.24. The molecule has 0 bridgehead atoms. The summed E-state index contributed by atoms with van der Waals surface area (Å²) in [6.45, 7) is 4.20. The van der Waals surface area contributed by atoms with Crippen LogP contribution in [0.15, 0.2) is 77.3 Å². The van der Waals surface area contributed by atoms with E-state index in [4.69, 9.17) is 39.8 Å². The fraction of sp³-hybridized carbons (Fsp3) is 0.154. The van der Waals surface area contributed by atoms with Gasteiger partial charge in [0, 0.05) is 17.4 Å². The molecule has 4 nitrogen and oxygen atoms in total. The number of nitrogens with one attached hydrogen (secondary N) is 1. The van der Waals surface area contributed by atoms with Crippen LogP contribution in [0.2, 0.25) is 10.0 Å². The number of nitrogens with zero attached hydrogens (tertiary/aromatic N) is 2. The van der Waals surface area contributed by atoms with Gasteiger partial charge in [-0.1, -0.05) is 41.4 Å². The van der Waals surface area contributed by atoms with Crippen LogP contribution in [0.3, 0.4) is 0 Å². The predicted octanol–water partition coefficient (Wildman–Crippen LogP) is 7.44. The lowest BCUT2D eigenvalue weighted by molar-refractivity contribution is 0.439. The molecule has 1 aliphatic heterocycles. The van der Waals surface area contributed by atoms with Gasteiger partial charge in [0.2, 0.25) is 0 Å². The topological polar surface area (TPSA) is 41.3 Å². The molecule has 2 aromatic heterocycles. The van der Waals surface area contributed by atoms with Crippen molar-refractivity contribution in [3.8, 4) is 11.3 Å². The van der Waals surface area contributed by atoms with Crippen LogP contribution < -0.4 is 10.2 Å². The average Bonchev–Trinajstić information content (AvgIpc) is 3.43. The molecule has 2 aromatic carbocycles. The molecule has 1 aliphatic rings. The van der Waals surface area contributed by atoms with Crippen molar-refractivity contribution in [1.29, 1.82) is 0 Å². The van der Waals surface area contributed by atoms with E-state index in [2.05, 4.69) is 47.2 Å². The Kier molecular flexibility index (Phi) is 5.87. The summed E-state index contributed by atoms with van der Waals surface area (Å²) in [4.78, 5) is 6.69. The van der Waals surface area contributed by atoms with Crippen LogP contribution in [0, 0.1) is 13.8 Å². The summed E-state index contributed by atoms with van der Waals surface area (Å²) in [5, 5.41) is 5.03. The van der Waals surface area contributed by atoms with E-state index in [1.807, 2.05) is 42.5 Å². The van der Waals surface area contributed by atoms with E-state index in [-0.39, 0.29) is 12.1 Å². The first-order valence-corrected chi connectivity index (χ1v) is 11.7. The molecule has 0 spiro atoms. The van der Waals surface area contributed by atoms with Gasteiger partial charge >= 0.3 is 0 Å². The standard InChI is InChI=1S/C26H21Cl2N3OS/c1-15-9-10-17(14-16(15)2)31-25(24(30-26(31)33)20-8-3-4-13-29-20)22-12-11-21(32-22)18-6-5-7-19(27)23(18)28/h3-14,24-25H,1-2H3,(H,30,33)/t24-,25-/m1/s1. The number of hydrogen-bond acceptors (Lipinski definition) is 3. The van der Waals surface area contributed by atoms with Crippen LogP contribution in [-0.4, -0.2) is 10.1 Å². The van der Waals surface area contributed by atoms with Gasteiger partial charge in [0.1, 0.15) is 17.6 Å². The number of furan rings is 1. The first-order valence-electron chi connectivity index (χ1n) is 10.6. The summed E-state index contributed by atoms with van der Waals surface area (Å²) in [5.41, 5.74) is 5.05. The van der Waals surface area contributed by atoms with Crippen LogP contribution in [0.25, 0.3) is 11.3 Å². The van der Waals surface area contributed by atoms with Gasteiger partial charge in [0.05, 0.1) is 21.8 Å². The van der Waals surface area contributed by atoms with Crippen molar-refractivity contribution in [2.45, 2.75) is 25.9 Å². The van der Waals surface area contributed by atoms with E-state index >= 15 is 0 Å². The van der Waals surface area contributed by atoms with Crippen LogP contribution in [0.5, 0.6) is 0 Å². The van der Waals surface area contributed by atoms with E-state index in [0.29, 0.717) is 20.9 Å². The lowest BCUT2D eigenvalue weighted by Crippen LogP contribution is -2.29. The van der Waals surface area contributed by atoms with Crippen molar-refractivity contribution in [2.24, 2.45) is 0 Å². The maximum atomic E-state index is 6.46. The molecule has 1 fully saturated rings. The van der Waals surface area contributed by atoms with Crippen LogP contribution in [0.4, 0.5) is 5.69 Å². The summed E-state index contributed by atoms with van der Waals surface area (Å²) in [7, 11) is 0. The van der Waals surface area contributed by atoms with Gasteiger partial charge in [-0.3, -0.25) is 4.98 Å². The van der Waals surface area contributed by atoms with E-state index in [1.54, 1.807) is 12.3 Å². The minimum absolute atomic E-state index is 0.186. The van der Waals surface area contributed by atoms with Gasteiger partial charge < -0.3 is 14.6 Å². The molecule has 1 N–H and O–H groups in total. The third-order valence-corrected chi connectivity index (χ3v) is 7.14. The van der Waals surface area contributed by atoms with Crippen molar-refractivity contribution >= 4 is 46.2 Å². The Morgan fingerprint density at radius 1 is 0.970 bits per heavy atom. The third kappa shape index (κ3) is 4.01. The van der Waals surface area contributed by atoms with Crippen molar-refractivity contribution in [1.82, 2.24) is 10.3 Å². The number of hydrogen-bond donors (Lipinski definition) is 1. The summed E-state index contributed by atoms with van der Waals surface area (Å²) in [6, 6.07) is 21.2. The molecule has 0 amide bonds. The SMILES string of the molecule is Cc1ccc(N2C(=S)N[C@H](c3ccccn3)[C@H]2c2ccc(-c3cccc(Cl)c3Cl)o2)cc1C. The Hall–Kier alpha value is -2.86. The summed E-state index contributed by atoms with van der Waals surface area (Å²) in [5.74, 6) is 1.40. The Bertz CT molecular complexity index is 1340. The van der Waals surface area contributed by atoms with Gasteiger partial charge in [0.25, 0.3) is 0 Å². The number of benzene rings is 2. The fourth-order valence-electron chi connectivity index (χ4n) is 4.15. The van der Waals surface area contributed by atoms with Crippen molar-refractivity contribution in [2.75, 3.05) is 4.90 Å². The van der Waals surface area contributed by atoms with Crippen molar-refractivity contribution in [3.05, 3.63) is 106 Å². The third-order valence-electron chi connectivity index (χ3n) is 6.00. The molecule has 0 saturated carbocycles. The Labute approximate surface area is 208 Å². The highest BCUT2D eigenvalue weighted by Gasteiger charge is 2.42. The largest absolute Gasteiger partial charge is 0.459 e. The molecular formula is C26H21Cl2N3OS. The summed E-state index contributed by atoms with van der Waals surface area (Å²) < 4.78 is 6.38. The Balaban J connectivity index is 1.62. The van der Waals surface area contributed by atoms with E-state index in [9.17, 15) is 0 Å². The van der Waals surface area contributed by atoms with Crippen molar-refractivity contribution in [3.63, 3.8) is 0 Å². The zero-order valence-corrected chi connectivity index (χ0v) is 20.4. The van der Waals surface area contributed by atoms with Gasteiger partial charge in [-0.2, -0.15) is 0 Å². The Morgan fingerprint density at radius 2 is 1.82 bits per heavy atom. The smallest absolute Gasteiger partial charge is 0.174 e. The quantitative estimate of drug-likeness (QED) is 0.299. The summed E-state index contributed by atoms with van der Waals surface area (Å²) in [6.07, 6.45) is 1.79. The number of aryl methyl sites for hydroxylation is 2. The number of halogens is 2. The monoisotopic (exact) mass is 493 g/mol. The van der Waals surface area contributed by atoms with Gasteiger partial charge in [-0.25, -0.2) is 0 Å². The highest BCUT2D eigenvalue weighted by atomic mass is 35.5. The molecule has 0 unspecified atom stereocenters. The molecule has 3 heterocycles. The molecule has 0 aliphatic carbocycles. The zero-order valence-electron chi connectivity index (χ0n) is 18.0. The minimum Gasteiger partial charge on any atom is -0.459 e. The lowest BCUT2D eigenvalue weighted by Gasteiger charge is -2.26. The molecule has 7 heteroatoms. The predicted molar refractivity (Wildman–Crippen MR) is 138 cm³/mol. The molecule has 1 saturated heterocycles. The minimum atomic E-state index is -0.235. The second kappa shape index (κ2) is 8.82. The highest BCUT2D eigenvalue weighted by molar-refractivity contribution is 7.80. The maximum Gasteiger partial charge on any atom is 0.174 e. The number of anilines is 1. The highest BCUT2D eigenvalue weighted by Crippen LogP contribution is 2.44. The first-order chi connectivity index (χ1) is 15.9.